The molecule has 2 aromatic rings. The summed E-state index contributed by atoms with van der Waals surface area (Å²) < 4.78 is 16.8. The van der Waals surface area contributed by atoms with E-state index in [9.17, 15) is 4.79 Å². The molecule has 0 amide bonds. The number of carbonyl (C=O) groups excluding carboxylic acids is 1. The molecule has 0 saturated heterocycles. The Labute approximate surface area is 153 Å². The Balaban J connectivity index is 1.97. The number of esters is 1. The van der Waals surface area contributed by atoms with E-state index in [4.69, 9.17) is 14.2 Å². The van der Waals surface area contributed by atoms with Crippen LogP contribution in [0.1, 0.15) is 11.1 Å². The maximum Gasteiger partial charge on any atom is 0.363 e. The average molecular weight is 435 g/mol. The van der Waals surface area contributed by atoms with Crippen LogP contribution in [0.3, 0.4) is 0 Å². The zero-order chi connectivity index (χ0) is 17.1. The summed E-state index contributed by atoms with van der Waals surface area (Å²) in [5.74, 6) is 1.08. The number of nitrogens with zero attached hydrogens (tertiary/aromatic N) is 1. The molecule has 1 aliphatic rings. The van der Waals surface area contributed by atoms with E-state index in [1.54, 1.807) is 38.5 Å². The van der Waals surface area contributed by atoms with Gasteiger partial charge in [0.1, 0.15) is 11.5 Å². The van der Waals surface area contributed by atoms with Crippen molar-refractivity contribution < 1.29 is 19.0 Å². The quantitative estimate of drug-likeness (QED) is 0.418. The molecule has 2 aromatic carbocycles. The summed E-state index contributed by atoms with van der Waals surface area (Å²) in [4.78, 5) is 16.4. The molecule has 5 nitrogen and oxygen atoms in total. The van der Waals surface area contributed by atoms with Gasteiger partial charge in [-0.25, -0.2) is 9.79 Å². The predicted octanol–water partition coefficient (Wildman–Crippen LogP) is 3.65. The van der Waals surface area contributed by atoms with Crippen molar-refractivity contribution in [3.05, 3.63) is 62.9 Å². The number of hydrogen-bond acceptors (Lipinski definition) is 5. The van der Waals surface area contributed by atoms with Gasteiger partial charge in [-0.3, -0.25) is 0 Å². The van der Waals surface area contributed by atoms with Crippen molar-refractivity contribution in [3.63, 3.8) is 0 Å². The highest BCUT2D eigenvalue weighted by Crippen LogP contribution is 2.28. The SMILES string of the molecule is COc1ccc(/C=C2\N=C(c3cccc(I)c3)OC2=O)c(OC)c1. The Kier molecular flexibility index (Phi) is 4.84. The molecule has 0 bridgehead atoms. The van der Waals surface area contributed by atoms with Gasteiger partial charge in [0.15, 0.2) is 5.70 Å². The molecule has 0 atom stereocenters. The van der Waals surface area contributed by atoms with Crippen LogP contribution in [0.4, 0.5) is 0 Å². The van der Waals surface area contributed by atoms with E-state index in [0.717, 1.165) is 14.7 Å². The monoisotopic (exact) mass is 435 g/mol. The van der Waals surface area contributed by atoms with Crippen LogP contribution in [0.15, 0.2) is 53.2 Å². The van der Waals surface area contributed by atoms with Crippen molar-refractivity contribution in [2.75, 3.05) is 14.2 Å². The molecule has 0 aliphatic carbocycles. The molecular formula is C18H14INO4. The number of aliphatic imine (C=N–C) groups is 1. The lowest BCUT2D eigenvalue weighted by Gasteiger charge is -2.07. The molecule has 0 radical (unpaired) electrons. The molecule has 0 spiro atoms. The fraction of sp³-hybridized carbons (Fsp3) is 0.111. The second-order valence-corrected chi connectivity index (χ2v) is 6.20. The first kappa shape index (κ1) is 16.5. The Morgan fingerprint density at radius 2 is 1.96 bits per heavy atom. The van der Waals surface area contributed by atoms with Gasteiger partial charge in [0, 0.05) is 20.8 Å². The van der Waals surface area contributed by atoms with E-state index >= 15 is 0 Å². The smallest absolute Gasteiger partial charge is 0.363 e. The van der Waals surface area contributed by atoms with Gasteiger partial charge in [-0.05, 0) is 59.0 Å². The molecule has 0 unspecified atom stereocenters. The largest absolute Gasteiger partial charge is 0.497 e. The van der Waals surface area contributed by atoms with Gasteiger partial charge < -0.3 is 14.2 Å². The van der Waals surface area contributed by atoms with Crippen molar-refractivity contribution in [1.29, 1.82) is 0 Å². The van der Waals surface area contributed by atoms with Crippen LogP contribution in [-0.4, -0.2) is 26.1 Å². The molecule has 1 heterocycles. The maximum absolute atomic E-state index is 12.1. The Hall–Kier alpha value is -2.35. The van der Waals surface area contributed by atoms with Crippen molar-refractivity contribution in [3.8, 4) is 11.5 Å². The summed E-state index contributed by atoms with van der Waals surface area (Å²) in [5.41, 5.74) is 1.71. The number of methoxy groups -OCH3 is 2. The maximum atomic E-state index is 12.1. The van der Waals surface area contributed by atoms with Crippen molar-refractivity contribution in [1.82, 2.24) is 0 Å². The van der Waals surface area contributed by atoms with E-state index < -0.39 is 5.97 Å². The lowest BCUT2D eigenvalue weighted by Crippen LogP contribution is -2.05. The number of hydrogen-bond donors (Lipinski definition) is 0. The van der Waals surface area contributed by atoms with Gasteiger partial charge in [-0.1, -0.05) is 6.07 Å². The standard InChI is InChI=1S/C18H14INO4/c1-22-14-7-6-11(16(10-14)23-2)9-15-18(21)24-17(20-15)12-4-3-5-13(19)8-12/h3-10H,1-2H3/b15-9-. The summed E-state index contributed by atoms with van der Waals surface area (Å²) in [7, 11) is 3.14. The number of rotatable bonds is 4. The minimum atomic E-state index is -0.485. The number of benzene rings is 2. The first-order chi connectivity index (χ1) is 11.6. The van der Waals surface area contributed by atoms with Gasteiger partial charge in [-0.15, -0.1) is 0 Å². The van der Waals surface area contributed by atoms with Crippen molar-refractivity contribution >= 4 is 40.5 Å². The van der Waals surface area contributed by atoms with Crippen molar-refractivity contribution in [2.24, 2.45) is 4.99 Å². The number of ether oxygens (including phenoxy) is 3. The molecule has 24 heavy (non-hydrogen) atoms. The third-order valence-corrected chi connectivity index (χ3v) is 4.10. The average Bonchev–Trinajstić information content (AvgIpc) is 2.96. The highest BCUT2D eigenvalue weighted by molar-refractivity contribution is 14.1. The van der Waals surface area contributed by atoms with Gasteiger partial charge >= 0.3 is 5.97 Å². The molecule has 122 valence electrons. The van der Waals surface area contributed by atoms with E-state index in [0.29, 0.717) is 17.4 Å². The minimum absolute atomic E-state index is 0.229. The zero-order valence-corrected chi connectivity index (χ0v) is 15.2. The van der Waals surface area contributed by atoms with Gasteiger partial charge in [0.05, 0.1) is 14.2 Å². The highest BCUT2D eigenvalue weighted by Gasteiger charge is 2.24. The number of halogens is 1. The summed E-state index contributed by atoms with van der Waals surface area (Å²) in [5, 5.41) is 0. The fourth-order valence-corrected chi connectivity index (χ4v) is 2.78. The minimum Gasteiger partial charge on any atom is -0.497 e. The zero-order valence-electron chi connectivity index (χ0n) is 13.1. The second-order valence-electron chi connectivity index (χ2n) is 4.95. The molecule has 3 rings (SSSR count). The molecule has 1 aliphatic heterocycles. The molecule has 0 N–H and O–H groups in total. The van der Waals surface area contributed by atoms with E-state index in [1.807, 2.05) is 24.3 Å². The first-order valence-electron chi connectivity index (χ1n) is 7.11. The summed E-state index contributed by atoms with van der Waals surface area (Å²) in [6, 6.07) is 12.9. The molecule has 0 saturated carbocycles. The normalized spacial score (nSPS) is 15.2. The molecule has 0 fully saturated rings. The molecular weight excluding hydrogens is 421 g/mol. The first-order valence-corrected chi connectivity index (χ1v) is 8.19. The molecule has 6 heteroatoms. The summed E-state index contributed by atoms with van der Waals surface area (Å²) >= 11 is 2.20. The van der Waals surface area contributed by atoms with Crippen LogP contribution in [0, 0.1) is 3.57 Å². The lowest BCUT2D eigenvalue weighted by atomic mass is 10.1. The van der Waals surface area contributed by atoms with Crippen LogP contribution in [0.2, 0.25) is 0 Å². The lowest BCUT2D eigenvalue weighted by molar-refractivity contribution is -0.129. The van der Waals surface area contributed by atoms with Gasteiger partial charge in [-0.2, -0.15) is 0 Å². The van der Waals surface area contributed by atoms with Crippen LogP contribution in [0.25, 0.3) is 6.08 Å². The number of cyclic esters (lactones) is 1. The second kappa shape index (κ2) is 7.04. The van der Waals surface area contributed by atoms with Crippen LogP contribution < -0.4 is 9.47 Å². The fourth-order valence-electron chi connectivity index (χ4n) is 2.24. The number of carbonyl (C=O) groups is 1. The predicted molar refractivity (Wildman–Crippen MR) is 99.3 cm³/mol. The van der Waals surface area contributed by atoms with Gasteiger partial charge in [0.25, 0.3) is 0 Å². The van der Waals surface area contributed by atoms with Crippen LogP contribution in [0.5, 0.6) is 11.5 Å². The third kappa shape index (κ3) is 3.43. The van der Waals surface area contributed by atoms with E-state index in [-0.39, 0.29) is 5.70 Å². The van der Waals surface area contributed by atoms with Crippen LogP contribution in [-0.2, 0) is 9.53 Å². The molecule has 0 aromatic heterocycles. The van der Waals surface area contributed by atoms with Crippen LogP contribution >= 0.6 is 22.6 Å². The Morgan fingerprint density at radius 1 is 1.12 bits per heavy atom. The highest BCUT2D eigenvalue weighted by atomic mass is 127. The topological polar surface area (TPSA) is 57.1 Å². The van der Waals surface area contributed by atoms with Gasteiger partial charge in [0.2, 0.25) is 5.90 Å². The van der Waals surface area contributed by atoms with Crippen molar-refractivity contribution in [2.45, 2.75) is 0 Å². The third-order valence-electron chi connectivity index (χ3n) is 3.42. The Morgan fingerprint density at radius 3 is 2.67 bits per heavy atom. The Bertz CT molecular complexity index is 858. The van der Waals surface area contributed by atoms with E-state index in [1.165, 1.54) is 0 Å². The summed E-state index contributed by atoms with van der Waals surface area (Å²) in [6.07, 6.45) is 1.64. The summed E-state index contributed by atoms with van der Waals surface area (Å²) in [6.45, 7) is 0. The van der Waals surface area contributed by atoms with E-state index in [2.05, 4.69) is 27.6 Å².